The van der Waals surface area contributed by atoms with Crippen LogP contribution >= 0.6 is 0 Å². The molecule has 2 aliphatic heterocycles. The van der Waals surface area contributed by atoms with Gasteiger partial charge >= 0.3 is 0 Å². The van der Waals surface area contributed by atoms with Gasteiger partial charge < -0.3 is 19.6 Å². The van der Waals surface area contributed by atoms with Gasteiger partial charge in [0, 0.05) is 65.2 Å². The van der Waals surface area contributed by atoms with Crippen molar-refractivity contribution in [3.05, 3.63) is 0 Å². The summed E-state index contributed by atoms with van der Waals surface area (Å²) >= 11 is 0. The molecule has 0 aromatic rings. The third-order valence-corrected chi connectivity index (χ3v) is 4.26. The van der Waals surface area contributed by atoms with Crippen LogP contribution in [-0.2, 0) is 9.59 Å². The summed E-state index contributed by atoms with van der Waals surface area (Å²) in [7, 11) is 4.11. The Labute approximate surface area is 121 Å². The molecule has 0 unspecified atom stereocenters. The molecule has 0 aliphatic carbocycles. The zero-order chi connectivity index (χ0) is 14.5. The van der Waals surface area contributed by atoms with Crippen LogP contribution in [0, 0.1) is 0 Å². The van der Waals surface area contributed by atoms with Crippen molar-refractivity contribution in [2.75, 3.05) is 66.5 Å². The maximum Gasteiger partial charge on any atom is 0.223 e. The summed E-state index contributed by atoms with van der Waals surface area (Å²) in [6.07, 6.45) is 0.700. The Morgan fingerprint density at radius 1 is 0.600 bits per heavy atom. The first-order chi connectivity index (χ1) is 9.56. The van der Waals surface area contributed by atoms with E-state index >= 15 is 0 Å². The van der Waals surface area contributed by atoms with E-state index in [4.69, 9.17) is 0 Å². The molecule has 2 heterocycles. The van der Waals surface area contributed by atoms with E-state index in [2.05, 4.69) is 23.9 Å². The zero-order valence-corrected chi connectivity index (χ0v) is 12.7. The second-order valence-electron chi connectivity index (χ2n) is 5.87. The first kappa shape index (κ1) is 15.3. The largest absolute Gasteiger partial charge is 0.340 e. The van der Waals surface area contributed by atoms with Crippen molar-refractivity contribution in [3.8, 4) is 0 Å². The highest BCUT2D eigenvalue weighted by Crippen LogP contribution is 2.07. The molecule has 6 heteroatoms. The average molecular weight is 282 g/mol. The predicted molar refractivity (Wildman–Crippen MR) is 77.4 cm³/mol. The highest BCUT2D eigenvalue weighted by Gasteiger charge is 2.22. The van der Waals surface area contributed by atoms with Gasteiger partial charge in [-0.15, -0.1) is 0 Å². The minimum absolute atomic E-state index is 0.115. The Kier molecular flexibility index (Phi) is 5.37. The molecule has 0 aromatic carbocycles. The van der Waals surface area contributed by atoms with Crippen molar-refractivity contribution in [1.29, 1.82) is 0 Å². The Morgan fingerprint density at radius 3 is 1.20 bits per heavy atom. The Balaban J connectivity index is 2.19. The van der Waals surface area contributed by atoms with Gasteiger partial charge in [-0.05, 0) is 14.1 Å². The van der Waals surface area contributed by atoms with Gasteiger partial charge in [-0.25, -0.2) is 0 Å². The predicted octanol–water partition coefficient (Wildman–Crippen LogP) is -0.685. The highest BCUT2D eigenvalue weighted by atomic mass is 16.2. The summed E-state index contributed by atoms with van der Waals surface area (Å²) < 4.78 is 0. The van der Waals surface area contributed by atoms with E-state index in [9.17, 15) is 9.59 Å². The van der Waals surface area contributed by atoms with Crippen LogP contribution in [0.1, 0.15) is 12.8 Å². The quantitative estimate of drug-likeness (QED) is 0.590. The number of likely N-dealkylation sites (N-methyl/N-ethyl adjacent to an activating group) is 2. The number of hydrogen-bond donors (Lipinski definition) is 0. The van der Waals surface area contributed by atoms with Crippen LogP contribution in [0.15, 0.2) is 0 Å². The molecule has 20 heavy (non-hydrogen) atoms. The fraction of sp³-hybridized carbons (Fsp3) is 0.857. The van der Waals surface area contributed by atoms with Crippen LogP contribution in [0.2, 0.25) is 0 Å². The van der Waals surface area contributed by atoms with Crippen LogP contribution in [0.5, 0.6) is 0 Å². The zero-order valence-electron chi connectivity index (χ0n) is 12.7. The molecule has 2 fully saturated rings. The molecule has 2 saturated heterocycles. The molecule has 0 spiro atoms. The van der Waals surface area contributed by atoms with Crippen LogP contribution in [0.4, 0.5) is 0 Å². The lowest BCUT2D eigenvalue weighted by Crippen LogP contribution is -2.45. The van der Waals surface area contributed by atoms with Crippen LogP contribution < -0.4 is 0 Å². The second-order valence-corrected chi connectivity index (χ2v) is 5.87. The van der Waals surface area contributed by atoms with E-state index in [0.717, 1.165) is 52.4 Å². The molecule has 0 N–H and O–H groups in total. The van der Waals surface area contributed by atoms with Crippen molar-refractivity contribution in [1.82, 2.24) is 19.6 Å². The molecule has 6 nitrogen and oxygen atoms in total. The summed E-state index contributed by atoms with van der Waals surface area (Å²) in [6, 6.07) is 0. The molecule has 114 valence electrons. The van der Waals surface area contributed by atoms with E-state index in [1.54, 1.807) is 0 Å². The maximum atomic E-state index is 12.3. The van der Waals surface area contributed by atoms with Gasteiger partial charge in [-0.1, -0.05) is 0 Å². The van der Waals surface area contributed by atoms with Crippen molar-refractivity contribution >= 4 is 11.8 Å². The SMILES string of the molecule is CN1CCN2CCN(C)CCN(CC1)C(=O)CCC2=O. The topological polar surface area (TPSA) is 47.1 Å². The summed E-state index contributed by atoms with van der Waals surface area (Å²) in [6.45, 7) is 6.54. The van der Waals surface area contributed by atoms with Crippen LogP contribution in [-0.4, -0.2) is 97.9 Å². The van der Waals surface area contributed by atoms with Crippen molar-refractivity contribution in [2.45, 2.75) is 12.8 Å². The fourth-order valence-electron chi connectivity index (χ4n) is 2.64. The first-order valence-corrected chi connectivity index (χ1v) is 7.49. The first-order valence-electron chi connectivity index (χ1n) is 7.49. The highest BCUT2D eigenvalue weighted by molar-refractivity contribution is 5.84. The lowest BCUT2D eigenvalue weighted by atomic mass is 10.2. The lowest BCUT2D eigenvalue weighted by molar-refractivity contribution is -0.136. The molecule has 2 aliphatic rings. The van der Waals surface area contributed by atoms with Gasteiger partial charge in [-0.2, -0.15) is 0 Å². The Morgan fingerprint density at radius 2 is 0.900 bits per heavy atom. The lowest BCUT2D eigenvalue weighted by Gasteiger charge is -2.30. The molecule has 2 amide bonds. The Bertz CT molecular complexity index is 311. The van der Waals surface area contributed by atoms with Crippen molar-refractivity contribution in [2.24, 2.45) is 0 Å². The van der Waals surface area contributed by atoms with Gasteiger partial charge in [0.15, 0.2) is 0 Å². The summed E-state index contributed by atoms with van der Waals surface area (Å²) in [4.78, 5) is 32.8. The minimum Gasteiger partial charge on any atom is -0.340 e. The summed E-state index contributed by atoms with van der Waals surface area (Å²) in [5.41, 5.74) is 0. The monoisotopic (exact) mass is 282 g/mol. The van der Waals surface area contributed by atoms with E-state index in [0.29, 0.717) is 12.8 Å². The fourth-order valence-corrected chi connectivity index (χ4v) is 2.64. The van der Waals surface area contributed by atoms with E-state index in [1.807, 2.05) is 9.80 Å². The molecule has 0 aromatic heterocycles. The van der Waals surface area contributed by atoms with E-state index in [-0.39, 0.29) is 11.8 Å². The van der Waals surface area contributed by atoms with E-state index < -0.39 is 0 Å². The van der Waals surface area contributed by atoms with E-state index in [1.165, 1.54) is 0 Å². The number of fused-ring (bicyclic) bond motifs is 5. The third kappa shape index (κ3) is 4.18. The number of carbonyl (C=O) groups excluding carboxylic acids is 2. The standard InChI is InChI=1S/C14H26N4O2/c1-15-5-9-17-11-7-16(2)8-12-18(10-6-15)14(20)4-3-13(17)19/h3-12H2,1-2H3. The molecule has 0 atom stereocenters. The Hall–Kier alpha value is -1.14. The maximum absolute atomic E-state index is 12.3. The van der Waals surface area contributed by atoms with Gasteiger partial charge in [-0.3, -0.25) is 9.59 Å². The molecule has 2 bridgehead atoms. The molecule has 0 radical (unpaired) electrons. The van der Waals surface area contributed by atoms with Gasteiger partial charge in [0.25, 0.3) is 0 Å². The second kappa shape index (κ2) is 7.04. The molecular formula is C14H26N4O2. The van der Waals surface area contributed by atoms with Gasteiger partial charge in [0.05, 0.1) is 0 Å². The molecular weight excluding hydrogens is 256 g/mol. The third-order valence-electron chi connectivity index (χ3n) is 4.26. The number of nitrogens with zero attached hydrogens (tertiary/aromatic N) is 4. The smallest absolute Gasteiger partial charge is 0.223 e. The number of hydrogen-bond acceptors (Lipinski definition) is 4. The van der Waals surface area contributed by atoms with Crippen molar-refractivity contribution < 1.29 is 9.59 Å². The van der Waals surface area contributed by atoms with Crippen LogP contribution in [0.3, 0.4) is 0 Å². The molecule has 0 saturated carbocycles. The van der Waals surface area contributed by atoms with Crippen molar-refractivity contribution in [3.63, 3.8) is 0 Å². The minimum atomic E-state index is 0.115. The summed E-state index contributed by atoms with van der Waals surface area (Å²) in [5.74, 6) is 0.229. The average Bonchev–Trinajstić information content (AvgIpc) is 2.45. The van der Waals surface area contributed by atoms with Gasteiger partial charge in [0.2, 0.25) is 11.8 Å². The number of rotatable bonds is 0. The molecule has 2 rings (SSSR count). The number of carbonyl (C=O) groups is 2. The van der Waals surface area contributed by atoms with Gasteiger partial charge in [0.1, 0.15) is 0 Å². The summed E-state index contributed by atoms with van der Waals surface area (Å²) in [5, 5.41) is 0. The normalized spacial score (nSPS) is 25.1. The van der Waals surface area contributed by atoms with Crippen LogP contribution in [0.25, 0.3) is 0 Å². The number of amides is 2.